The largest absolute Gasteiger partial charge is 0.469 e. The van der Waals surface area contributed by atoms with E-state index in [4.69, 9.17) is 9.68 Å². The average molecular weight is 147 g/mol. The zero-order valence-corrected chi connectivity index (χ0v) is 6.21. The van der Waals surface area contributed by atoms with E-state index in [2.05, 4.69) is 6.07 Å². The number of rotatable bonds is 2. The van der Waals surface area contributed by atoms with Crippen molar-refractivity contribution < 1.29 is 4.42 Å². The number of nitriles is 1. The van der Waals surface area contributed by atoms with E-state index < -0.39 is 0 Å². The van der Waals surface area contributed by atoms with E-state index in [-0.39, 0.29) is 5.41 Å². The zero-order chi connectivity index (χ0) is 7.73. The molecule has 2 rings (SSSR count). The Morgan fingerprint density at radius 1 is 1.64 bits per heavy atom. The molecule has 0 spiro atoms. The molecule has 0 saturated heterocycles. The second kappa shape index (κ2) is 2.13. The number of hydrogen-bond donors (Lipinski definition) is 0. The molecule has 1 heterocycles. The molecule has 0 unspecified atom stereocenters. The Kier molecular flexibility index (Phi) is 1.25. The summed E-state index contributed by atoms with van der Waals surface area (Å²) in [5.41, 5.74) is -0.0716. The Bertz CT molecular complexity index is 277. The fraction of sp³-hybridized carbons (Fsp3) is 0.444. The fourth-order valence-corrected chi connectivity index (χ4v) is 1.23. The zero-order valence-electron chi connectivity index (χ0n) is 6.21. The van der Waals surface area contributed by atoms with Crippen LogP contribution in [0.3, 0.4) is 0 Å². The Labute approximate surface area is 65.4 Å². The first kappa shape index (κ1) is 6.48. The van der Waals surface area contributed by atoms with E-state index in [1.807, 2.05) is 12.1 Å². The Morgan fingerprint density at radius 2 is 2.45 bits per heavy atom. The predicted octanol–water partition coefficient (Wildman–Crippen LogP) is 2.13. The van der Waals surface area contributed by atoms with Crippen molar-refractivity contribution in [2.24, 2.45) is 5.41 Å². The molecule has 1 aromatic rings. The van der Waals surface area contributed by atoms with Crippen molar-refractivity contribution in [1.29, 1.82) is 5.26 Å². The van der Waals surface area contributed by atoms with Gasteiger partial charge < -0.3 is 4.42 Å². The van der Waals surface area contributed by atoms with Gasteiger partial charge in [0.2, 0.25) is 0 Å². The molecule has 0 atom stereocenters. The van der Waals surface area contributed by atoms with Crippen LogP contribution in [-0.2, 0) is 6.42 Å². The van der Waals surface area contributed by atoms with Gasteiger partial charge in [-0.15, -0.1) is 0 Å². The van der Waals surface area contributed by atoms with Gasteiger partial charge in [0.15, 0.2) is 0 Å². The molecule has 1 fully saturated rings. The topological polar surface area (TPSA) is 36.9 Å². The maximum absolute atomic E-state index is 8.76. The number of hydrogen-bond acceptors (Lipinski definition) is 2. The molecular formula is C9H9NO. The van der Waals surface area contributed by atoms with Gasteiger partial charge in [0, 0.05) is 6.42 Å². The molecule has 1 aliphatic rings. The first-order valence-corrected chi connectivity index (χ1v) is 3.78. The van der Waals surface area contributed by atoms with E-state index in [1.165, 1.54) is 0 Å². The maximum Gasteiger partial charge on any atom is 0.105 e. The molecule has 0 N–H and O–H groups in total. The van der Waals surface area contributed by atoms with Crippen molar-refractivity contribution in [2.45, 2.75) is 19.3 Å². The number of nitrogens with zero attached hydrogens (tertiary/aromatic N) is 1. The summed E-state index contributed by atoms with van der Waals surface area (Å²) in [7, 11) is 0. The Balaban J connectivity index is 2.08. The van der Waals surface area contributed by atoms with Gasteiger partial charge in [-0.3, -0.25) is 0 Å². The first-order valence-electron chi connectivity index (χ1n) is 3.78. The SMILES string of the molecule is N#CC1(Cc2ccco2)CC1. The standard InChI is InChI=1S/C9H9NO/c10-7-9(3-4-9)6-8-2-1-5-11-8/h1-2,5H,3-4,6H2. The highest BCUT2D eigenvalue weighted by atomic mass is 16.3. The third kappa shape index (κ3) is 1.14. The molecule has 2 heteroatoms. The van der Waals surface area contributed by atoms with Crippen LogP contribution in [-0.4, -0.2) is 0 Å². The summed E-state index contributed by atoms with van der Waals surface area (Å²) < 4.78 is 5.16. The van der Waals surface area contributed by atoms with Crippen LogP contribution in [0.25, 0.3) is 0 Å². The van der Waals surface area contributed by atoms with Crippen LogP contribution in [0, 0.1) is 16.7 Å². The van der Waals surface area contributed by atoms with Crippen molar-refractivity contribution in [3.63, 3.8) is 0 Å². The van der Waals surface area contributed by atoms with Crippen LogP contribution < -0.4 is 0 Å². The predicted molar refractivity (Wildman–Crippen MR) is 39.7 cm³/mol. The van der Waals surface area contributed by atoms with Gasteiger partial charge >= 0.3 is 0 Å². The third-order valence-corrected chi connectivity index (χ3v) is 2.18. The summed E-state index contributed by atoms with van der Waals surface area (Å²) in [6, 6.07) is 6.12. The van der Waals surface area contributed by atoms with Gasteiger partial charge in [-0.05, 0) is 25.0 Å². The summed E-state index contributed by atoms with van der Waals surface area (Å²) in [4.78, 5) is 0. The summed E-state index contributed by atoms with van der Waals surface area (Å²) in [6.45, 7) is 0. The van der Waals surface area contributed by atoms with Gasteiger partial charge in [-0.25, -0.2) is 0 Å². The van der Waals surface area contributed by atoms with Gasteiger partial charge in [0.05, 0.1) is 17.7 Å². The summed E-state index contributed by atoms with van der Waals surface area (Å²) in [5.74, 6) is 0.934. The monoisotopic (exact) mass is 147 g/mol. The second-order valence-electron chi connectivity index (χ2n) is 3.15. The van der Waals surface area contributed by atoms with Gasteiger partial charge in [-0.2, -0.15) is 5.26 Å². The first-order chi connectivity index (χ1) is 5.35. The van der Waals surface area contributed by atoms with E-state index in [0.29, 0.717) is 0 Å². The van der Waals surface area contributed by atoms with Crippen LogP contribution in [0.15, 0.2) is 22.8 Å². The van der Waals surface area contributed by atoms with E-state index in [1.54, 1.807) is 6.26 Å². The molecule has 0 bridgehead atoms. The minimum Gasteiger partial charge on any atom is -0.469 e. The molecule has 0 radical (unpaired) electrons. The molecule has 56 valence electrons. The lowest BCUT2D eigenvalue weighted by Crippen LogP contribution is -1.99. The van der Waals surface area contributed by atoms with Gasteiger partial charge in [0.25, 0.3) is 0 Å². The smallest absolute Gasteiger partial charge is 0.105 e. The van der Waals surface area contributed by atoms with E-state index in [0.717, 1.165) is 25.0 Å². The van der Waals surface area contributed by atoms with Crippen LogP contribution in [0.2, 0.25) is 0 Å². The van der Waals surface area contributed by atoms with Crippen molar-refractivity contribution in [3.05, 3.63) is 24.2 Å². The molecule has 1 aliphatic carbocycles. The lowest BCUT2D eigenvalue weighted by Gasteiger charge is -1.99. The van der Waals surface area contributed by atoms with Crippen molar-refractivity contribution in [2.75, 3.05) is 0 Å². The van der Waals surface area contributed by atoms with E-state index in [9.17, 15) is 0 Å². The van der Waals surface area contributed by atoms with Crippen LogP contribution in [0.4, 0.5) is 0 Å². The van der Waals surface area contributed by atoms with Crippen molar-refractivity contribution >= 4 is 0 Å². The van der Waals surface area contributed by atoms with Crippen LogP contribution in [0.1, 0.15) is 18.6 Å². The summed E-state index contributed by atoms with van der Waals surface area (Å²) in [6.07, 6.45) is 4.51. The minimum atomic E-state index is -0.0716. The highest BCUT2D eigenvalue weighted by Gasteiger charge is 2.43. The normalized spacial score (nSPS) is 19.2. The molecular weight excluding hydrogens is 138 g/mol. The van der Waals surface area contributed by atoms with Crippen LogP contribution >= 0.6 is 0 Å². The number of furan rings is 1. The highest BCUT2D eigenvalue weighted by molar-refractivity contribution is 5.16. The molecule has 1 aromatic heterocycles. The molecule has 0 aromatic carbocycles. The van der Waals surface area contributed by atoms with Gasteiger partial charge in [0.1, 0.15) is 5.76 Å². The minimum absolute atomic E-state index is 0.0716. The third-order valence-electron chi connectivity index (χ3n) is 2.18. The lowest BCUT2D eigenvalue weighted by molar-refractivity contribution is 0.473. The lowest BCUT2D eigenvalue weighted by atomic mass is 10.0. The van der Waals surface area contributed by atoms with Crippen molar-refractivity contribution in [3.8, 4) is 6.07 Å². The maximum atomic E-state index is 8.76. The molecule has 0 amide bonds. The molecule has 11 heavy (non-hydrogen) atoms. The quantitative estimate of drug-likeness (QED) is 0.642. The Morgan fingerprint density at radius 3 is 2.91 bits per heavy atom. The van der Waals surface area contributed by atoms with E-state index >= 15 is 0 Å². The molecule has 1 saturated carbocycles. The average Bonchev–Trinajstić information content (AvgIpc) is 2.59. The van der Waals surface area contributed by atoms with Gasteiger partial charge in [-0.1, -0.05) is 0 Å². The second-order valence-corrected chi connectivity index (χ2v) is 3.15. The van der Waals surface area contributed by atoms with Crippen molar-refractivity contribution in [1.82, 2.24) is 0 Å². The summed E-state index contributed by atoms with van der Waals surface area (Å²) >= 11 is 0. The Hall–Kier alpha value is -1.23. The summed E-state index contributed by atoms with van der Waals surface area (Å²) in [5, 5.41) is 8.76. The molecule has 0 aliphatic heterocycles. The highest BCUT2D eigenvalue weighted by Crippen LogP contribution is 2.47. The fourth-order valence-electron chi connectivity index (χ4n) is 1.23. The van der Waals surface area contributed by atoms with Crippen LogP contribution in [0.5, 0.6) is 0 Å². The molecule has 2 nitrogen and oxygen atoms in total.